The second-order valence-electron chi connectivity index (χ2n) is 6.16. The second-order valence-corrected chi connectivity index (χ2v) is 7.84. The van der Waals surface area contributed by atoms with Crippen LogP contribution >= 0.6 is 0 Å². The number of hydrogen-bond acceptors (Lipinski definition) is 6. The number of rotatable bonds is 7. The van der Waals surface area contributed by atoms with E-state index in [4.69, 9.17) is 4.74 Å². The van der Waals surface area contributed by atoms with E-state index in [-0.39, 0.29) is 51.8 Å². The zero-order valence-electron chi connectivity index (χ0n) is 16.2. The maximum absolute atomic E-state index is 12.6. The molecule has 8 nitrogen and oxygen atoms in total. The van der Waals surface area contributed by atoms with Crippen molar-refractivity contribution in [1.82, 2.24) is 14.9 Å². The van der Waals surface area contributed by atoms with Gasteiger partial charge in [-0.2, -0.15) is 0 Å². The van der Waals surface area contributed by atoms with Crippen molar-refractivity contribution in [2.45, 2.75) is 37.6 Å². The van der Waals surface area contributed by atoms with Crippen LogP contribution in [0.3, 0.4) is 0 Å². The summed E-state index contributed by atoms with van der Waals surface area (Å²) in [6, 6.07) is 4.18. The average molecular weight is 406 g/mol. The van der Waals surface area contributed by atoms with Crippen molar-refractivity contribution in [3.8, 4) is 5.75 Å². The first-order chi connectivity index (χ1) is 12.3. The van der Waals surface area contributed by atoms with Crippen LogP contribution in [0.1, 0.15) is 37.0 Å². The van der Waals surface area contributed by atoms with Crippen LogP contribution in [0.15, 0.2) is 23.1 Å². The zero-order valence-corrected chi connectivity index (χ0v) is 19.1. The maximum atomic E-state index is 12.6. The number of likely N-dealkylation sites (N-methyl/N-ethyl adjacent to an activating group) is 1. The molecule has 1 aromatic carbocycles. The Hall–Kier alpha value is -1.13. The normalized spacial score (nSPS) is 17.1. The fourth-order valence-corrected chi connectivity index (χ4v) is 4.14. The van der Waals surface area contributed by atoms with E-state index in [0.717, 1.165) is 32.9 Å². The standard InChI is InChI=1S/C17H25N3O5S.Na/c1-4-20-9-5-6-13(20)11-18-17(22)15-10-14(7-8-16(15)25-3)26(23,24)19-12(2)21;/h7-8,10,13H,4-6,9,11H2,1-3H3,(H,18,22)(H,19,21);. The Morgan fingerprint density at radius 2 is 2.04 bits per heavy atom. The number of hydrogen-bond donors (Lipinski definition) is 2. The summed E-state index contributed by atoms with van der Waals surface area (Å²) >= 11 is 0. The van der Waals surface area contributed by atoms with Gasteiger partial charge in [0.05, 0.1) is 17.6 Å². The summed E-state index contributed by atoms with van der Waals surface area (Å²) in [7, 11) is -2.62. The molecule has 1 radical (unpaired) electrons. The first kappa shape index (κ1) is 23.9. The van der Waals surface area contributed by atoms with Gasteiger partial charge in [-0.05, 0) is 44.1 Å². The van der Waals surface area contributed by atoms with Gasteiger partial charge in [0.1, 0.15) is 5.75 Å². The van der Waals surface area contributed by atoms with E-state index in [9.17, 15) is 18.0 Å². The van der Waals surface area contributed by atoms with Crippen LogP contribution in [0.5, 0.6) is 5.75 Å². The first-order valence-electron chi connectivity index (χ1n) is 8.52. The molecule has 0 aromatic heterocycles. The van der Waals surface area contributed by atoms with Crippen LogP contribution < -0.4 is 14.8 Å². The number of methoxy groups -OCH3 is 1. The summed E-state index contributed by atoms with van der Waals surface area (Å²) < 4.78 is 31.4. The van der Waals surface area contributed by atoms with Crippen LogP contribution in [0, 0.1) is 0 Å². The molecular formula is C17H25N3NaO5S. The number of carbonyl (C=O) groups is 2. The van der Waals surface area contributed by atoms with Gasteiger partial charge < -0.3 is 10.1 Å². The number of likely N-dealkylation sites (tertiary alicyclic amines) is 1. The molecule has 0 spiro atoms. The maximum Gasteiger partial charge on any atom is 0.264 e. The van der Waals surface area contributed by atoms with E-state index in [1.807, 2.05) is 4.72 Å². The molecule has 145 valence electrons. The number of benzene rings is 1. The topological polar surface area (TPSA) is 105 Å². The number of ether oxygens (including phenoxy) is 1. The van der Waals surface area contributed by atoms with Gasteiger partial charge in [0.15, 0.2) is 0 Å². The number of sulfonamides is 1. The van der Waals surface area contributed by atoms with E-state index in [0.29, 0.717) is 6.54 Å². The summed E-state index contributed by atoms with van der Waals surface area (Å²) in [5.41, 5.74) is 0.111. The fourth-order valence-electron chi connectivity index (χ4n) is 3.13. The number of nitrogens with one attached hydrogen (secondary N) is 2. The van der Waals surface area contributed by atoms with Gasteiger partial charge in [-0.1, -0.05) is 6.92 Å². The van der Waals surface area contributed by atoms with E-state index in [1.165, 1.54) is 25.3 Å². The minimum absolute atomic E-state index is 0. The Labute approximate surface area is 182 Å². The summed E-state index contributed by atoms with van der Waals surface area (Å²) in [4.78, 5) is 25.8. The third kappa shape index (κ3) is 6.18. The van der Waals surface area contributed by atoms with E-state index in [1.54, 1.807) is 0 Å². The summed E-state index contributed by atoms with van der Waals surface area (Å²) in [6.45, 7) is 5.62. The van der Waals surface area contributed by atoms with E-state index >= 15 is 0 Å². The Bertz CT molecular complexity index is 785. The molecule has 27 heavy (non-hydrogen) atoms. The average Bonchev–Trinajstić information content (AvgIpc) is 3.05. The molecule has 1 aromatic rings. The third-order valence-electron chi connectivity index (χ3n) is 4.41. The molecule has 2 rings (SSSR count). The molecule has 1 unspecified atom stereocenters. The SMILES string of the molecule is CCN1CCCC1CNC(=O)c1cc(S(=O)(=O)NC(C)=O)ccc1OC.[Na]. The van der Waals surface area contributed by atoms with Crippen LogP contribution in [-0.4, -0.2) is 87.5 Å². The van der Waals surface area contributed by atoms with Gasteiger partial charge in [-0.15, -0.1) is 0 Å². The number of nitrogens with zero attached hydrogens (tertiary/aromatic N) is 1. The van der Waals surface area contributed by atoms with Crippen molar-refractivity contribution in [3.63, 3.8) is 0 Å². The van der Waals surface area contributed by atoms with Crippen molar-refractivity contribution in [2.75, 3.05) is 26.7 Å². The molecular weight excluding hydrogens is 381 g/mol. The van der Waals surface area contributed by atoms with Crippen LogP contribution in [0.4, 0.5) is 0 Å². The minimum atomic E-state index is -4.03. The molecule has 1 aliphatic rings. The predicted octanol–water partition coefficient (Wildman–Crippen LogP) is 0.353. The molecule has 1 atom stereocenters. The Morgan fingerprint density at radius 3 is 2.63 bits per heavy atom. The van der Waals surface area contributed by atoms with Gasteiger partial charge >= 0.3 is 0 Å². The minimum Gasteiger partial charge on any atom is -0.496 e. The fraction of sp³-hybridized carbons (Fsp3) is 0.529. The number of amides is 2. The molecule has 2 amide bonds. The number of carbonyl (C=O) groups excluding carboxylic acids is 2. The Kier molecular flexibility index (Phi) is 9.23. The van der Waals surface area contributed by atoms with Crippen molar-refractivity contribution >= 4 is 51.4 Å². The third-order valence-corrected chi connectivity index (χ3v) is 5.84. The van der Waals surface area contributed by atoms with Crippen LogP contribution in [-0.2, 0) is 14.8 Å². The van der Waals surface area contributed by atoms with Gasteiger partial charge in [0, 0.05) is 49.1 Å². The molecule has 0 aliphatic carbocycles. The molecule has 0 bridgehead atoms. The largest absolute Gasteiger partial charge is 0.496 e. The summed E-state index contributed by atoms with van der Waals surface area (Å²) in [5.74, 6) is -0.847. The predicted molar refractivity (Wildman–Crippen MR) is 102 cm³/mol. The van der Waals surface area contributed by atoms with Gasteiger partial charge in [-0.25, -0.2) is 13.1 Å². The van der Waals surface area contributed by atoms with Crippen LogP contribution in [0.25, 0.3) is 0 Å². The van der Waals surface area contributed by atoms with Crippen LogP contribution in [0.2, 0.25) is 0 Å². The van der Waals surface area contributed by atoms with Crippen molar-refractivity contribution in [2.24, 2.45) is 0 Å². The van der Waals surface area contributed by atoms with Gasteiger partial charge in [0.2, 0.25) is 5.91 Å². The second kappa shape index (κ2) is 10.4. The first-order valence-corrected chi connectivity index (χ1v) is 10.0. The van der Waals surface area contributed by atoms with E-state index in [2.05, 4.69) is 17.1 Å². The molecule has 1 fully saturated rings. The summed E-state index contributed by atoms with van der Waals surface area (Å²) in [5, 5.41) is 2.86. The quantitative estimate of drug-likeness (QED) is 0.634. The molecule has 2 N–H and O–H groups in total. The van der Waals surface area contributed by atoms with Crippen molar-refractivity contribution < 1.29 is 22.7 Å². The molecule has 1 saturated heterocycles. The van der Waals surface area contributed by atoms with E-state index < -0.39 is 21.8 Å². The van der Waals surface area contributed by atoms with Crippen molar-refractivity contribution in [3.05, 3.63) is 23.8 Å². The Morgan fingerprint density at radius 1 is 1.33 bits per heavy atom. The van der Waals surface area contributed by atoms with Crippen molar-refractivity contribution in [1.29, 1.82) is 0 Å². The van der Waals surface area contributed by atoms with Gasteiger partial charge in [0.25, 0.3) is 15.9 Å². The smallest absolute Gasteiger partial charge is 0.264 e. The molecule has 0 saturated carbocycles. The Balaban J connectivity index is 0.00000364. The molecule has 10 heteroatoms. The monoisotopic (exact) mass is 406 g/mol. The molecule has 1 heterocycles. The summed E-state index contributed by atoms with van der Waals surface area (Å²) in [6.07, 6.45) is 2.12. The van der Waals surface area contributed by atoms with Gasteiger partial charge in [-0.3, -0.25) is 14.5 Å². The zero-order chi connectivity index (χ0) is 19.3. The molecule has 1 aliphatic heterocycles.